The molecule has 1 amide bonds. The lowest BCUT2D eigenvalue weighted by Crippen LogP contribution is -2.27. The minimum Gasteiger partial charge on any atom is -0.508 e. The molecule has 7 N–H and O–H groups in total. The highest BCUT2D eigenvalue weighted by Gasteiger charge is 2.32. The van der Waals surface area contributed by atoms with Gasteiger partial charge in [0.15, 0.2) is 0 Å². The van der Waals surface area contributed by atoms with E-state index in [1.807, 2.05) is 18.2 Å². The fourth-order valence-electron chi connectivity index (χ4n) is 3.96. The van der Waals surface area contributed by atoms with Gasteiger partial charge in [-0.15, -0.1) is 0 Å². The Hall–Kier alpha value is -4.15. The van der Waals surface area contributed by atoms with Crippen molar-refractivity contribution in [1.82, 2.24) is 5.32 Å². The van der Waals surface area contributed by atoms with Crippen molar-refractivity contribution in [1.29, 1.82) is 0 Å². The molecule has 1 aliphatic rings. The molecule has 3 aromatic rings. The zero-order valence-corrected chi connectivity index (χ0v) is 21.1. The number of aliphatic imine (C=N–C) groups is 1. The van der Waals surface area contributed by atoms with Crippen LogP contribution in [-0.4, -0.2) is 29.4 Å². The molecular weight excluding hydrogens is 507 g/mol. The summed E-state index contributed by atoms with van der Waals surface area (Å²) in [5.41, 5.74) is 12.0. The number of nitrogens with two attached hydrogens (primary N) is 2. The van der Waals surface area contributed by atoms with E-state index < -0.39 is 23.5 Å². The van der Waals surface area contributed by atoms with E-state index >= 15 is 0 Å². The molecule has 0 aromatic heterocycles. The Labute approximate surface area is 224 Å². The number of carbonyl (C=O) groups is 1. The molecule has 0 spiro atoms. The van der Waals surface area contributed by atoms with Crippen molar-refractivity contribution >= 4 is 23.0 Å². The minimum absolute atomic E-state index is 0.149. The summed E-state index contributed by atoms with van der Waals surface area (Å²) in [6.07, 6.45) is -1.98. The van der Waals surface area contributed by atoms with Gasteiger partial charge in [0.25, 0.3) is 5.91 Å². The third-order valence-electron chi connectivity index (χ3n) is 6.26. The van der Waals surface area contributed by atoms with Gasteiger partial charge < -0.3 is 27.2 Å². The van der Waals surface area contributed by atoms with Crippen LogP contribution < -0.4 is 22.1 Å². The summed E-state index contributed by atoms with van der Waals surface area (Å²) in [5.74, 6) is -0.102. The van der Waals surface area contributed by atoms with Gasteiger partial charge in [-0.1, -0.05) is 36.4 Å². The SMILES string of the molecule is NCc1cccc(N=C(/C=C(\N)C(F)(F)F)C(=O)Nc2cccc(C(NCC3CC3)c3ccc(O)cc3)c2)c1. The number of phenols is 1. The average molecular weight is 538 g/mol. The highest BCUT2D eigenvalue weighted by atomic mass is 19.4. The van der Waals surface area contributed by atoms with E-state index in [-0.39, 0.29) is 24.0 Å². The molecule has 1 aliphatic carbocycles. The molecule has 0 saturated heterocycles. The first kappa shape index (κ1) is 27.9. The van der Waals surface area contributed by atoms with Gasteiger partial charge in [0, 0.05) is 12.2 Å². The van der Waals surface area contributed by atoms with Crippen molar-refractivity contribution < 1.29 is 23.1 Å². The molecule has 1 atom stereocenters. The van der Waals surface area contributed by atoms with E-state index in [2.05, 4.69) is 15.6 Å². The predicted molar refractivity (Wildman–Crippen MR) is 146 cm³/mol. The Morgan fingerprint density at radius 2 is 1.77 bits per heavy atom. The number of hydrogen-bond acceptors (Lipinski definition) is 6. The number of phenolic OH excluding ortho intramolecular Hbond substituents is 1. The maximum atomic E-state index is 13.2. The summed E-state index contributed by atoms with van der Waals surface area (Å²) in [6.45, 7) is 1.01. The monoisotopic (exact) mass is 537 g/mol. The van der Waals surface area contributed by atoms with Crippen molar-refractivity contribution in [2.75, 3.05) is 11.9 Å². The third-order valence-corrected chi connectivity index (χ3v) is 6.26. The molecule has 3 aromatic carbocycles. The molecule has 0 bridgehead atoms. The molecule has 7 nitrogen and oxygen atoms in total. The second kappa shape index (κ2) is 12.1. The lowest BCUT2D eigenvalue weighted by atomic mass is 9.97. The van der Waals surface area contributed by atoms with Crippen LogP contribution in [-0.2, 0) is 11.3 Å². The van der Waals surface area contributed by atoms with Gasteiger partial charge in [0.1, 0.15) is 17.2 Å². The number of nitrogens with one attached hydrogen (secondary N) is 2. The van der Waals surface area contributed by atoms with Crippen LogP contribution in [0.2, 0.25) is 0 Å². The minimum atomic E-state index is -4.83. The second-order valence-corrected chi connectivity index (χ2v) is 9.42. The highest BCUT2D eigenvalue weighted by molar-refractivity contribution is 6.47. The topological polar surface area (TPSA) is 126 Å². The zero-order chi connectivity index (χ0) is 28.0. The number of amides is 1. The molecule has 204 valence electrons. The van der Waals surface area contributed by atoms with Gasteiger partial charge in [0.05, 0.1) is 11.7 Å². The Balaban J connectivity index is 1.63. The van der Waals surface area contributed by atoms with Crippen molar-refractivity contribution in [3.05, 3.63) is 101 Å². The number of hydrogen-bond donors (Lipinski definition) is 5. The Morgan fingerprint density at radius 1 is 1.05 bits per heavy atom. The van der Waals surface area contributed by atoms with E-state index in [9.17, 15) is 23.1 Å². The lowest BCUT2D eigenvalue weighted by Gasteiger charge is -2.21. The largest absolute Gasteiger partial charge is 0.508 e. The Bertz CT molecular complexity index is 1370. The smallest absolute Gasteiger partial charge is 0.430 e. The normalized spacial score (nSPS) is 15.2. The summed E-state index contributed by atoms with van der Waals surface area (Å²) < 4.78 is 39.6. The Morgan fingerprint density at radius 3 is 2.44 bits per heavy atom. The van der Waals surface area contributed by atoms with Crippen molar-refractivity contribution in [3.63, 3.8) is 0 Å². The maximum Gasteiger partial charge on any atom is 0.430 e. The maximum absolute atomic E-state index is 13.2. The number of alkyl halides is 3. The van der Waals surface area contributed by atoms with Crippen LogP contribution in [0.25, 0.3) is 0 Å². The van der Waals surface area contributed by atoms with Crippen LogP contribution in [0.4, 0.5) is 24.5 Å². The molecular formula is C29H30F3N5O2. The molecule has 1 fully saturated rings. The highest BCUT2D eigenvalue weighted by Crippen LogP contribution is 2.31. The number of carbonyl (C=O) groups excluding carboxylic acids is 1. The van der Waals surface area contributed by atoms with Gasteiger partial charge in [0.2, 0.25) is 0 Å². The number of aromatic hydroxyl groups is 1. The number of allylic oxidation sites excluding steroid dienone is 1. The van der Waals surface area contributed by atoms with Gasteiger partial charge in [-0.25, -0.2) is 4.99 Å². The van der Waals surface area contributed by atoms with Crippen LogP contribution in [0.3, 0.4) is 0 Å². The zero-order valence-electron chi connectivity index (χ0n) is 21.1. The van der Waals surface area contributed by atoms with Crippen LogP contribution in [0.1, 0.15) is 35.6 Å². The summed E-state index contributed by atoms with van der Waals surface area (Å²) in [5, 5.41) is 15.9. The first-order chi connectivity index (χ1) is 18.6. The molecule has 10 heteroatoms. The van der Waals surface area contributed by atoms with Crippen LogP contribution in [0, 0.1) is 5.92 Å². The number of nitrogens with zero attached hydrogens (tertiary/aromatic N) is 1. The summed E-state index contributed by atoms with van der Waals surface area (Å²) in [6, 6.07) is 20.2. The van der Waals surface area contributed by atoms with Gasteiger partial charge >= 0.3 is 6.18 Å². The Kier molecular flexibility index (Phi) is 8.68. The first-order valence-corrected chi connectivity index (χ1v) is 12.5. The number of benzene rings is 3. The molecule has 0 radical (unpaired) electrons. The van der Waals surface area contributed by atoms with Crippen molar-refractivity contribution in [2.45, 2.75) is 31.6 Å². The molecule has 1 saturated carbocycles. The summed E-state index contributed by atoms with van der Waals surface area (Å²) in [4.78, 5) is 17.3. The predicted octanol–water partition coefficient (Wildman–Crippen LogP) is 5.06. The third kappa shape index (κ3) is 7.92. The summed E-state index contributed by atoms with van der Waals surface area (Å²) >= 11 is 0. The van der Waals surface area contributed by atoms with Gasteiger partial charge in [-0.3, -0.25) is 4.79 Å². The van der Waals surface area contributed by atoms with Crippen molar-refractivity contribution in [2.24, 2.45) is 22.4 Å². The second-order valence-electron chi connectivity index (χ2n) is 9.42. The van der Waals surface area contributed by atoms with Crippen molar-refractivity contribution in [3.8, 4) is 5.75 Å². The average Bonchev–Trinajstić information content (AvgIpc) is 3.74. The lowest BCUT2D eigenvalue weighted by molar-refractivity contribution is -0.110. The molecule has 0 heterocycles. The van der Waals surface area contributed by atoms with Gasteiger partial charge in [-0.2, -0.15) is 13.2 Å². The quantitative estimate of drug-likeness (QED) is 0.231. The van der Waals surface area contributed by atoms with Gasteiger partial charge in [-0.05, 0) is 84.5 Å². The number of anilines is 1. The molecule has 39 heavy (non-hydrogen) atoms. The first-order valence-electron chi connectivity index (χ1n) is 12.5. The summed E-state index contributed by atoms with van der Waals surface area (Å²) in [7, 11) is 0. The fourth-order valence-corrected chi connectivity index (χ4v) is 3.96. The number of halogens is 3. The fraction of sp³-hybridized carbons (Fsp3) is 0.241. The van der Waals surface area contributed by atoms with Crippen LogP contribution in [0.5, 0.6) is 5.75 Å². The molecule has 0 aliphatic heterocycles. The van der Waals surface area contributed by atoms with Crippen LogP contribution in [0.15, 0.2) is 89.6 Å². The number of rotatable bonds is 10. The van der Waals surface area contributed by atoms with E-state index in [1.54, 1.807) is 54.6 Å². The van der Waals surface area contributed by atoms with E-state index in [1.165, 1.54) is 0 Å². The standard InChI is InChI=1S/C29H30F3N5O2/c30-29(31,32)26(34)15-25(36-22-5-1-3-19(13-22)16-33)28(39)37-23-6-2-4-21(14-23)27(35-17-18-7-8-18)20-9-11-24(38)12-10-20/h1-6,9-15,18,27,35,38H,7-8,16-17,33-34H2,(H,37,39)/b26-15-,36-25?. The van der Waals surface area contributed by atoms with E-state index in [4.69, 9.17) is 11.5 Å². The van der Waals surface area contributed by atoms with E-state index in [0.717, 1.165) is 30.5 Å². The molecule has 1 unspecified atom stereocenters. The molecule has 4 rings (SSSR count). The van der Waals surface area contributed by atoms with Crippen LogP contribution >= 0.6 is 0 Å². The van der Waals surface area contributed by atoms with E-state index in [0.29, 0.717) is 23.2 Å².